The van der Waals surface area contributed by atoms with Crippen LogP contribution in [0.4, 0.5) is 0 Å². The monoisotopic (exact) mass is 318 g/mol. The maximum absolute atomic E-state index is 2.66. The van der Waals surface area contributed by atoms with Gasteiger partial charge < -0.3 is 0 Å². The third-order valence-electron chi connectivity index (χ3n) is 8.61. The lowest BCUT2D eigenvalue weighted by Crippen LogP contribution is -2.51. The van der Waals surface area contributed by atoms with Gasteiger partial charge in [-0.3, -0.25) is 0 Å². The molecule has 134 valence electrons. The zero-order valence-corrected chi connectivity index (χ0v) is 16.6. The van der Waals surface area contributed by atoms with Crippen LogP contribution in [0.3, 0.4) is 0 Å². The molecule has 7 atom stereocenters. The maximum Gasteiger partial charge on any atom is -0.0295 e. The lowest BCUT2D eigenvalue weighted by molar-refractivity contribution is -0.0950. The van der Waals surface area contributed by atoms with Crippen molar-refractivity contribution < 1.29 is 0 Å². The highest BCUT2D eigenvalue weighted by atomic mass is 14.6. The Kier molecular flexibility index (Phi) is 5.49. The van der Waals surface area contributed by atoms with Crippen molar-refractivity contribution in [3.8, 4) is 0 Å². The second-order valence-electron chi connectivity index (χ2n) is 9.78. The molecule has 4 aliphatic carbocycles. The van der Waals surface area contributed by atoms with E-state index in [-0.39, 0.29) is 0 Å². The molecule has 23 heavy (non-hydrogen) atoms. The Bertz CT molecular complexity index is 383. The molecule has 4 rings (SSSR count). The van der Waals surface area contributed by atoms with Crippen molar-refractivity contribution in [2.24, 2.45) is 46.8 Å². The summed E-state index contributed by atoms with van der Waals surface area (Å²) in [7, 11) is 0. The van der Waals surface area contributed by atoms with Crippen LogP contribution in [0.15, 0.2) is 0 Å². The van der Waals surface area contributed by atoms with E-state index in [1.807, 2.05) is 13.8 Å². The molecule has 0 aromatic rings. The summed E-state index contributed by atoms with van der Waals surface area (Å²) >= 11 is 0. The van der Waals surface area contributed by atoms with E-state index in [9.17, 15) is 0 Å². The zero-order valence-electron chi connectivity index (χ0n) is 16.6. The molecule has 4 saturated carbocycles. The molecular formula is C23H42. The molecule has 0 bridgehead atoms. The van der Waals surface area contributed by atoms with Crippen LogP contribution in [0, 0.1) is 46.8 Å². The van der Waals surface area contributed by atoms with Gasteiger partial charge in [0.15, 0.2) is 0 Å². The summed E-state index contributed by atoms with van der Waals surface area (Å²) in [5.74, 6) is 7.52. The zero-order chi connectivity index (χ0) is 16.6. The normalized spacial score (nSPS) is 48.8. The van der Waals surface area contributed by atoms with Gasteiger partial charge in [0.2, 0.25) is 0 Å². The molecule has 0 heterocycles. The fraction of sp³-hybridized carbons (Fsp3) is 1.00. The average molecular weight is 319 g/mol. The summed E-state index contributed by atoms with van der Waals surface area (Å²) in [4.78, 5) is 0. The SMILES string of the molecule is CC.CC(C)C1CC2CCCCC2C2CCC3(C)CCC[C@H]3C12. The average Bonchev–Trinajstić information content (AvgIpc) is 2.97. The Morgan fingerprint density at radius 1 is 0.826 bits per heavy atom. The second kappa shape index (κ2) is 7.09. The Morgan fingerprint density at radius 2 is 1.57 bits per heavy atom. The maximum atomic E-state index is 2.66. The molecule has 0 radical (unpaired) electrons. The minimum atomic E-state index is 0.732. The van der Waals surface area contributed by atoms with Crippen LogP contribution in [-0.4, -0.2) is 0 Å². The number of hydrogen-bond acceptors (Lipinski definition) is 0. The standard InChI is InChI=1S/C21H36.C2H6/c1-14(2)18-13-15-7-4-5-8-16(15)17-10-12-21(3)11-6-9-19(21)20(17)18;1-2/h14-20H,4-13H2,1-3H3;1-2H3/t15?,16?,17?,18?,19-,20?,21?;/m0./s1. The Balaban J connectivity index is 0.000000753. The minimum Gasteiger partial charge on any atom is -0.0683 e. The van der Waals surface area contributed by atoms with Crippen LogP contribution in [0.25, 0.3) is 0 Å². The lowest BCUT2D eigenvalue weighted by atomic mass is 9.47. The number of hydrogen-bond donors (Lipinski definition) is 0. The smallest absolute Gasteiger partial charge is 0.0295 e. The van der Waals surface area contributed by atoms with E-state index in [2.05, 4.69) is 20.8 Å². The van der Waals surface area contributed by atoms with E-state index in [0.717, 1.165) is 46.8 Å². The van der Waals surface area contributed by atoms with Crippen LogP contribution < -0.4 is 0 Å². The van der Waals surface area contributed by atoms with Crippen molar-refractivity contribution in [1.29, 1.82) is 0 Å². The van der Waals surface area contributed by atoms with Crippen molar-refractivity contribution in [1.82, 2.24) is 0 Å². The Morgan fingerprint density at radius 3 is 2.30 bits per heavy atom. The largest absolute Gasteiger partial charge is 0.0683 e. The predicted octanol–water partition coefficient (Wildman–Crippen LogP) is 7.33. The summed E-state index contributed by atoms with van der Waals surface area (Å²) in [6, 6.07) is 0. The molecular weight excluding hydrogens is 276 g/mol. The van der Waals surface area contributed by atoms with Gasteiger partial charge in [-0.25, -0.2) is 0 Å². The van der Waals surface area contributed by atoms with E-state index in [1.54, 1.807) is 51.4 Å². The van der Waals surface area contributed by atoms with Crippen LogP contribution in [0.5, 0.6) is 0 Å². The van der Waals surface area contributed by atoms with Gasteiger partial charge in [-0.1, -0.05) is 60.3 Å². The summed E-state index contributed by atoms with van der Waals surface area (Å²) in [5, 5.41) is 0. The van der Waals surface area contributed by atoms with Crippen LogP contribution in [0.1, 0.15) is 98.8 Å². The fourth-order valence-electron chi connectivity index (χ4n) is 7.65. The molecule has 0 amide bonds. The summed E-state index contributed by atoms with van der Waals surface area (Å²) in [6.07, 6.45) is 15.6. The van der Waals surface area contributed by atoms with Gasteiger partial charge in [0, 0.05) is 0 Å². The first-order valence-electron chi connectivity index (χ1n) is 11.1. The topological polar surface area (TPSA) is 0 Å². The fourth-order valence-corrected chi connectivity index (χ4v) is 7.65. The molecule has 0 saturated heterocycles. The van der Waals surface area contributed by atoms with Gasteiger partial charge >= 0.3 is 0 Å². The van der Waals surface area contributed by atoms with Gasteiger partial charge in [-0.15, -0.1) is 0 Å². The van der Waals surface area contributed by atoms with Crippen molar-refractivity contribution in [2.75, 3.05) is 0 Å². The molecule has 4 fully saturated rings. The first-order chi connectivity index (χ1) is 11.1. The molecule has 4 aliphatic rings. The van der Waals surface area contributed by atoms with E-state index < -0.39 is 0 Å². The molecule has 0 aromatic heterocycles. The van der Waals surface area contributed by atoms with E-state index >= 15 is 0 Å². The van der Waals surface area contributed by atoms with Gasteiger partial charge in [-0.2, -0.15) is 0 Å². The van der Waals surface area contributed by atoms with Gasteiger partial charge in [0.25, 0.3) is 0 Å². The molecule has 0 N–H and O–H groups in total. The van der Waals surface area contributed by atoms with Crippen molar-refractivity contribution in [2.45, 2.75) is 98.8 Å². The quantitative estimate of drug-likeness (QED) is 0.475. The Labute approximate surface area is 146 Å². The first kappa shape index (κ1) is 17.8. The van der Waals surface area contributed by atoms with Crippen LogP contribution >= 0.6 is 0 Å². The Hall–Kier alpha value is 0. The molecule has 6 unspecified atom stereocenters. The van der Waals surface area contributed by atoms with Crippen LogP contribution in [-0.2, 0) is 0 Å². The van der Waals surface area contributed by atoms with Crippen molar-refractivity contribution in [3.05, 3.63) is 0 Å². The molecule has 0 heteroatoms. The van der Waals surface area contributed by atoms with Gasteiger partial charge in [0.1, 0.15) is 0 Å². The number of fused-ring (bicyclic) bond motifs is 5. The molecule has 0 aromatic carbocycles. The van der Waals surface area contributed by atoms with Gasteiger partial charge in [-0.05, 0) is 85.4 Å². The number of rotatable bonds is 1. The highest BCUT2D eigenvalue weighted by Crippen LogP contribution is 2.64. The van der Waals surface area contributed by atoms with Crippen molar-refractivity contribution >= 4 is 0 Å². The molecule has 0 nitrogen and oxygen atoms in total. The summed E-state index contributed by atoms with van der Waals surface area (Å²) in [6.45, 7) is 11.7. The van der Waals surface area contributed by atoms with E-state index in [0.29, 0.717) is 0 Å². The highest BCUT2D eigenvalue weighted by molar-refractivity contribution is 5.05. The third kappa shape index (κ3) is 3.02. The second-order valence-corrected chi connectivity index (χ2v) is 9.78. The first-order valence-corrected chi connectivity index (χ1v) is 11.1. The lowest BCUT2D eigenvalue weighted by Gasteiger charge is -2.58. The van der Waals surface area contributed by atoms with Gasteiger partial charge in [0.05, 0.1) is 0 Å². The molecule has 0 spiro atoms. The van der Waals surface area contributed by atoms with E-state index in [1.165, 1.54) is 12.8 Å². The summed E-state index contributed by atoms with van der Waals surface area (Å²) in [5.41, 5.74) is 0.732. The van der Waals surface area contributed by atoms with Crippen molar-refractivity contribution in [3.63, 3.8) is 0 Å². The highest BCUT2D eigenvalue weighted by Gasteiger charge is 2.56. The summed E-state index contributed by atoms with van der Waals surface area (Å²) < 4.78 is 0. The molecule has 0 aliphatic heterocycles. The van der Waals surface area contributed by atoms with Crippen LogP contribution in [0.2, 0.25) is 0 Å². The minimum absolute atomic E-state index is 0.732. The predicted molar refractivity (Wildman–Crippen MR) is 101 cm³/mol. The third-order valence-corrected chi connectivity index (χ3v) is 8.61. The van der Waals surface area contributed by atoms with E-state index in [4.69, 9.17) is 0 Å².